The van der Waals surface area contributed by atoms with Crippen LogP contribution in [0.5, 0.6) is 0 Å². The van der Waals surface area contributed by atoms with E-state index >= 15 is 0 Å². The Morgan fingerprint density at radius 3 is 2.38 bits per heavy atom. The van der Waals surface area contributed by atoms with Crippen molar-refractivity contribution in [2.75, 3.05) is 0 Å². The van der Waals surface area contributed by atoms with Gasteiger partial charge in [-0.3, -0.25) is 4.99 Å². The van der Waals surface area contributed by atoms with Gasteiger partial charge in [0.25, 0.3) is 0 Å². The molecule has 0 bridgehead atoms. The number of hydrogen-bond acceptors (Lipinski definition) is 1. The number of nitrogens with zero attached hydrogens (tertiary/aromatic N) is 1. The van der Waals surface area contributed by atoms with Gasteiger partial charge in [-0.2, -0.15) is 0 Å². The second kappa shape index (κ2) is 3.17. The Hall–Kier alpha value is -1.37. The Morgan fingerprint density at radius 1 is 1.15 bits per heavy atom. The molecule has 2 rings (SSSR count). The first-order chi connectivity index (χ1) is 6.27. The van der Waals surface area contributed by atoms with E-state index in [0.717, 1.165) is 5.70 Å². The number of rotatable bonds is 1. The Balaban J connectivity index is 2.35. The third-order valence-corrected chi connectivity index (χ3v) is 2.29. The molecule has 1 atom stereocenters. The molecule has 1 heterocycles. The molecule has 0 spiro atoms. The Labute approximate surface area is 78.8 Å². The molecule has 0 N–H and O–H groups in total. The molecule has 1 aliphatic heterocycles. The SMILES string of the molecule is CC1=CC(C)C(c2ccccc2)=N1. The van der Waals surface area contributed by atoms with Crippen LogP contribution in [0.1, 0.15) is 19.4 Å². The Kier molecular flexibility index (Phi) is 2.01. The van der Waals surface area contributed by atoms with Gasteiger partial charge in [-0.15, -0.1) is 0 Å². The van der Waals surface area contributed by atoms with Crippen molar-refractivity contribution in [2.45, 2.75) is 13.8 Å². The van der Waals surface area contributed by atoms with Gasteiger partial charge in [0.15, 0.2) is 0 Å². The zero-order valence-corrected chi connectivity index (χ0v) is 7.99. The van der Waals surface area contributed by atoms with Gasteiger partial charge in [0.05, 0.1) is 5.71 Å². The summed E-state index contributed by atoms with van der Waals surface area (Å²) in [5.41, 5.74) is 3.56. The third kappa shape index (κ3) is 1.55. The fourth-order valence-corrected chi connectivity index (χ4v) is 1.71. The van der Waals surface area contributed by atoms with Gasteiger partial charge in [0.1, 0.15) is 0 Å². The molecule has 0 fully saturated rings. The molecule has 0 saturated carbocycles. The van der Waals surface area contributed by atoms with Gasteiger partial charge in [-0.1, -0.05) is 43.3 Å². The van der Waals surface area contributed by atoms with Gasteiger partial charge >= 0.3 is 0 Å². The monoisotopic (exact) mass is 171 g/mol. The van der Waals surface area contributed by atoms with Crippen molar-refractivity contribution in [3.05, 3.63) is 47.7 Å². The molecule has 1 aliphatic rings. The molecule has 0 radical (unpaired) electrons. The van der Waals surface area contributed by atoms with Gasteiger partial charge < -0.3 is 0 Å². The maximum atomic E-state index is 4.52. The van der Waals surface area contributed by atoms with E-state index in [2.05, 4.69) is 42.3 Å². The summed E-state index contributed by atoms with van der Waals surface area (Å²) in [6.07, 6.45) is 2.20. The van der Waals surface area contributed by atoms with E-state index in [1.54, 1.807) is 0 Å². The van der Waals surface area contributed by atoms with E-state index in [-0.39, 0.29) is 0 Å². The quantitative estimate of drug-likeness (QED) is 0.616. The predicted molar refractivity (Wildman–Crippen MR) is 55.9 cm³/mol. The summed E-state index contributed by atoms with van der Waals surface area (Å²) >= 11 is 0. The predicted octanol–water partition coefficient (Wildman–Crippen LogP) is 3.03. The minimum Gasteiger partial charge on any atom is -0.257 e. The Morgan fingerprint density at radius 2 is 1.85 bits per heavy atom. The van der Waals surface area contributed by atoms with Crippen molar-refractivity contribution in [3.63, 3.8) is 0 Å². The molecule has 66 valence electrons. The summed E-state index contributed by atoms with van der Waals surface area (Å²) in [4.78, 5) is 4.52. The molecule has 0 aliphatic carbocycles. The van der Waals surface area contributed by atoms with E-state index in [1.807, 2.05) is 13.0 Å². The van der Waals surface area contributed by atoms with Crippen LogP contribution >= 0.6 is 0 Å². The standard InChI is InChI=1S/C12H13N/c1-9-8-10(2)13-12(9)11-6-4-3-5-7-11/h3-9H,1-2H3. The van der Waals surface area contributed by atoms with Gasteiger partial charge in [0, 0.05) is 11.6 Å². The van der Waals surface area contributed by atoms with Crippen LogP contribution in [0, 0.1) is 5.92 Å². The molecule has 1 aromatic rings. The maximum absolute atomic E-state index is 4.52. The first-order valence-corrected chi connectivity index (χ1v) is 4.60. The van der Waals surface area contributed by atoms with Crippen molar-refractivity contribution >= 4 is 5.71 Å². The first kappa shape index (κ1) is 8.24. The summed E-state index contributed by atoms with van der Waals surface area (Å²) in [7, 11) is 0. The lowest BCUT2D eigenvalue weighted by molar-refractivity contribution is 1.02. The summed E-state index contributed by atoms with van der Waals surface area (Å²) < 4.78 is 0. The van der Waals surface area contributed by atoms with Crippen molar-refractivity contribution < 1.29 is 0 Å². The highest BCUT2D eigenvalue weighted by molar-refractivity contribution is 6.04. The number of hydrogen-bond donors (Lipinski definition) is 0. The summed E-state index contributed by atoms with van der Waals surface area (Å²) in [6.45, 7) is 4.23. The van der Waals surface area contributed by atoms with Crippen LogP contribution < -0.4 is 0 Å². The fourth-order valence-electron chi connectivity index (χ4n) is 1.71. The zero-order valence-electron chi connectivity index (χ0n) is 7.99. The highest BCUT2D eigenvalue weighted by Crippen LogP contribution is 2.20. The van der Waals surface area contributed by atoms with Gasteiger partial charge in [-0.05, 0) is 12.5 Å². The van der Waals surface area contributed by atoms with E-state index in [1.165, 1.54) is 11.3 Å². The topological polar surface area (TPSA) is 12.4 Å². The van der Waals surface area contributed by atoms with Crippen molar-refractivity contribution in [1.82, 2.24) is 0 Å². The lowest BCUT2D eigenvalue weighted by Gasteiger charge is -2.04. The van der Waals surface area contributed by atoms with Crippen LogP contribution in [-0.2, 0) is 0 Å². The Bertz CT molecular complexity index is 360. The maximum Gasteiger partial charge on any atom is 0.0545 e. The normalized spacial score (nSPS) is 21.2. The van der Waals surface area contributed by atoms with Crippen molar-refractivity contribution in [2.24, 2.45) is 10.9 Å². The highest BCUT2D eigenvalue weighted by atomic mass is 14.8. The summed E-state index contributed by atoms with van der Waals surface area (Å²) in [5.74, 6) is 0.461. The van der Waals surface area contributed by atoms with Crippen molar-refractivity contribution in [1.29, 1.82) is 0 Å². The average Bonchev–Trinajstić information content (AvgIpc) is 2.47. The van der Waals surface area contributed by atoms with Crippen molar-refractivity contribution in [3.8, 4) is 0 Å². The van der Waals surface area contributed by atoms with Gasteiger partial charge in [0.2, 0.25) is 0 Å². The lowest BCUT2D eigenvalue weighted by atomic mass is 10.00. The molecule has 1 nitrogen and oxygen atoms in total. The number of benzene rings is 1. The average molecular weight is 171 g/mol. The highest BCUT2D eigenvalue weighted by Gasteiger charge is 2.15. The molecule has 0 aromatic heterocycles. The van der Waals surface area contributed by atoms with E-state index in [9.17, 15) is 0 Å². The lowest BCUT2D eigenvalue weighted by Crippen LogP contribution is -2.06. The first-order valence-electron chi connectivity index (χ1n) is 4.60. The number of allylic oxidation sites excluding steroid dienone is 2. The van der Waals surface area contributed by atoms with Crippen LogP contribution in [0.25, 0.3) is 0 Å². The minimum absolute atomic E-state index is 0.461. The minimum atomic E-state index is 0.461. The summed E-state index contributed by atoms with van der Waals surface area (Å²) in [5, 5.41) is 0. The van der Waals surface area contributed by atoms with Crippen LogP contribution in [0.3, 0.4) is 0 Å². The van der Waals surface area contributed by atoms with E-state index < -0.39 is 0 Å². The second-order valence-electron chi connectivity index (χ2n) is 3.46. The van der Waals surface area contributed by atoms with Gasteiger partial charge in [-0.25, -0.2) is 0 Å². The molecule has 1 unspecified atom stereocenters. The fraction of sp³-hybridized carbons (Fsp3) is 0.250. The molecule has 0 amide bonds. The second-order valence-corrected chi connectivity index (χ2v) is 3.46. The van der Waals surface area contributed by atoms with Crippen LogP contribution in [0.15, 0.2) is 47.1 Å². The molecule has 0 saturated heterocycles. The third-order valence-electron chi connectivity index (χ3n) is 2.29. The molecule has 1 heteroatoms. The van der Waals surface area contributed by atoms with E-state index in [4.69, 9.17) is 0 Å². The van der Waals surface area contributed by atoms with Crippen LogP contribution in [0.2, 0.25) is 0 Å². The molecular weight excluding hydrogens is 158 g/mol. The largest absolute Gasteiger partial charge is 0.257 e. The molecular formula is C12H13N. The van der Waals surface area contributed by atoms with E-state index in [0.29, 0.717) is 5.92 Å². The number of aliphatic imine (C=N–C) groups is 1. The van der Waals surface area contributed by atoms with Crippen LogP contribution in [-0.4, -0.2) is 5.71 Å². The zero-order chi connectivity index (χ0) is 9.26. The smallest absolute Gasteiger partial charge is 0.0545 e. The molecule has 1 aromatic carbocycles. The molecule has 13 heavy (non-hydrogen) atoms. The van der Waals surface area contributed by atoms with Crippen LogP contribution in [0.4, 0.5) is 0 Å². The summed E-state index contributed by atoms with van der Waals surface area (Å²) in [6, 6.07) is 10.4.